The Bertz CT molecular complexity index is 682. The van der Waals surface area contributed by atoms with Crippen LogP contribution >= 0.6 is 0 Å². The van der Waals surface area contributed by atoms with E-state index in [1.54, 1.807) is 43.3 Å². The van der Waals surface area contributed by atoms with Crippen LogP contribution in [0, 0.1) is 40.9 Å². The van der Waals surface area contributed by atoms with Crippen LogP contribution in [0.1, 0.15) is 12.5 Å². The van der Waals surface area contributed by atoms with Gasteiger partial charge in [0, 0.05) is 18.3 Å². The van der Waals surface area contributed by atoms with Crippen LogP contribution in [0.15, 0.2) is 29.5 Å². The Balaban J connectivity index is 3.19. The highest BCUT2D eigenvalue weighted by Crippen LogP contribution is 2.22. The topological polar surface area (TPSA) is 112 Å². The molecule has 1 aromatic carbocycles. The number of hydrogen-bond acceptors (Lipinski definition) is 5. The van der Waals surface area contributed by atoms with Crippen LogP contribution in [-0.2, 0) is 4.79 Å². The van der Waals surface area contributed by atoms with Gasteiger partial charge in [0.05, 0.1) is 0 Å². The Morgan fingerprint density at radius 2 is 1.75 bits per heavy atom. The Labute approximate surface area is 116 Å². The fraction of sp³-hybridized carbons (Fsp3) is 0.143. The second kappa shape index (κ2) is 6.58. The van der Waals surface area contributed by atoms with Gasteiger partial charge in [-0.3, -0.25) is 4.79 Å². The number of amides is 1. The van der Waals surface area contributed by atoms with Gasteiger partial charge in [0.2, 0.25) is 5.91 Å². The summed E-state index contributed by atoms with van der Waals surface area (Å²) in [4.78, 5) is 11.0. The Morgan fingerprint density at radius 3 is 2.25 bits per heavy atom. The van der Waals surface area contributed by atoms with Crippen molar-refractivity contribution in [2.45, 2.75) is 13.8 Å². The van der Waals surface area contributed by atoms with E-state index in [0.29, 0.717) is 11.4 Å². The van der Waals surface area contributed by atoms with E-state index >= 15 is 0 Å². The zero-order valence-corrected chi connectivity index (χ0v) is 11.0. The van der Waals surface area contributed by atoms with Gasteiger partial charge in [-0.15, -0.1) is 0 Å². The summed E-state index contributed by atoms with van der Waals surface area (Å²) in [6, 6.07) is 10.2. The molecule has 0 aliphatic carbocycles. The summed E-state index contributed by atoms with van der Waals surface area (Å²) in [5.74, 6) is -0.217. The summed E-state index contributed by atoms with van der Waals surface area (Å²) in [5.41, 5.74) is 1.48. The first kappa shape index (κ1) is 14.8. The second-order valence-electron chi connectivity index (χ2n) is 3.92. The van der Waals surface area contributed by atoms with Crippen molar-refractivity contribution in [1.29, 1.82) is 15.8 Å². The summed E-state index contributed by atoms with van der Waals surface area (Å²) in [6.45, 7) is 3.18. The lowest BCUT2D eigenvalue weighted by molar-refractivity contribution is -0.114. The van der Waals surface area contributed by atoms with Crippen molar-refractivity contribution < 1.29 is 4.79 Å². The number of benzene rings is 1. The number of anilines is 2. The molecule has 0 unspecified atom stereocenters. The van der Waals surface area contributed by atoms with Crippen LogP contribution in [0.3, 0.4) is 0 Å². The van der Waals surface area contributed by atoms with Crippen LogP contribution in [0.25, 0.3) is 0 Å². The zero-order valence-electron chi connectivity index (χ0n) is 11.0. The average Bonchev–Trinajstić information content (AvgIpc) is 2.41. The Morgan fingerprint density at radius 1 is 1.10 bits per heavy atom. The molecule has 0 aliphatic heterocycles. The number of carbonyl (C=O) groups excluding carboxylic acids is 1. The van der Waals surface area contributed by atoms with E-state index in [1.807, 2.05) is 0 Å². The molecule has 0 saturated heterocycles. The summed E-state index contributed by atoms with van der Waals surface area (Å²) < 4.78 is 0. The van der Waals surface area contributed by atoms with Crippen molar-refractivity contribution in [2.75, 3.05) is 10.6 Å². The van der Waals surface area contributed by atoms with Crippen LogP contribution in [0.5, 0.6) is 0 Å². The fourth-order valence-corrected chi connectivity index (χ4v) is 1.46. The lowest BCUT2D eigenvalue weighted by atomic mass is 10.1. The van der Waals surface area contributed by atoms with Crippen LogP contribution in [-0.4, -0.2) is 5.91 Å². The van der Waals surface area contributed by atoms with Crippen molar-refractivity contribution >= 4 is 17.3 Å². The summed E-state index contributed by atoms with van der Waals surface area (Å²) in [7, 11) is 0. The molecular weight excluding hydrogens is 254 g/mol. The number of hydrogen-bond donors (Lipinski definition) is 2. The Hall–Kier alpha value is -3.30. The number of rotatable bonds is 3. The fourth-order valence-electron chi connectivity index (χ4n) is 1.46. The van der Waals surface area contributed by atoms with E-state index in [0.717, 1.165) is 5.56 Å². The average molecular weight is 265 g/mol. The highest BCUT2D eigenvalue weighted by Gasteiger charge is 2.08. The molecule has 0 radical (unpaired) electrons. The van der Waals surface area contributed by atoms with Gasteiger partial charge in [-0.25, -0.2) is 0 Å². The van der Waals surface area contributed by atoms with Gasteiger partial charge in [-0.05, 0) is 24.6 Å². The van der Waals surface area contributed by atoms with Gasteiger partial charge in [-0.2, -0.15) is 15.8 Å². The van der Waals surface area contributed by atoms with Crippen molar-refractivity contribution in [1.82, 2.24) is 0 Å². The first-order valence-electron chi connectivity index (χ1n) is 5.61. The SMILES string of the molecule is CC(=O)Nc1ccc(C)c(NC(C#N)=C(C#N)C#N)c1. The molecule has 6 nitrogen and oxygen atoms in total. The minimum Gasteiger partial charge on any atom is -0.345 e. The molecule has 98 valence electrons. The molecule has 0 heterocycles. The zero-order chi connectivity index (χ0) is 15.1. The van der Waals surface area contributed by atoms with Gasteiger partial charge in [0.15, 0.2) is 5.57 Å². The Kier molecular flexibility index (Phi) is 4.86. The van der Waals surface area contributed by atoms with Gasteiger partial charge in [0.1, 0.15) is 23.9 Å². The van der Waals surface area contributed by atoms with Crippen LogP contribution in [0.2, 0.25) is 0 Å². The van der Waals surface area contributed by atoms with Crippen molar-refractivity contribution in [3.8, 4) is 18.2 Å². The summed E-state index contributed by atoms with van der Waals surface area (Å²) in [6.07, 6.45) is 0. The second-order valence-corrected chi connectivity index (χ2v) is 3.92. The molecule has 1 amide bonds. The van der Waals surface area contributed by atoms with E-state index in [-0.39, 0.29) is 17.2 Å². The van der Waals surface area contributed by atoms with Crippen molar-refractivity contribution in [3.05, 3.63) is 35.0 Å². The number of aryl methyl sites for hydroxylation is 1. The number of carbonyl (C=O) groups is 1. The molecule has 0 aromatic heterocycles. The molecule has 0 bridgehead atoms. The van der Waals surface area contributed by atoms with Gasteiger partial charge < -0.3 is 10.6 Å². The maximum absolute atomic E-state index is 11.0. The van der Waals surface area contributed by atoms with E-state index in [1.165, 1.54) is 6.92 Å². The van der Waals surface area contributed by atoms with Crippen molar-refractivity contribution in [3.63, 3.8) is 0 Å². The van der Waals surface area contributed by atoms with E-state index in [2.05, 4.69) is 10.6 Å². The van der Waals surface area contributed by atoms with Crippen molar-refractivity contribution in [2.24, 2.45) is 0 Å². The first-order valence-corrected chi connectivity index (χ1v) is 5.61. The third-order valence-electron chi connectivity index (χ3n) is 2.40. The summed E-state index contributed by atoms with van der Waals surface area (Å²) in [5, 5.41) is 31.9. The molecule has 1 aromatic rings. The highest BCUT2D eigenvalue weighted by molar-refractivity contribution is 5.89. The van der Waals surface area contributed by atoms with Crippen LogP contribution < -0.4 is 10.6 Å². The molecule has 6 heteroatoms. The van der Waals surface area contributed by atoms with Gasteiger partial charge >= 0.3 is 0 Å². The predicted molar refractivity (Wildman–Crippen MR) is 73.0 cm³/mol. The van der Waals surface area contributed by atoms with Crippen LogP contribution in [0.4, 0.5) is 11.4 Å². The maximum atomic E-state index is 11.0. The van der Waals surface area contributed by atoms with E-state index in [9.17, 15) is 4.79 Å². The monoisotopic (exact) mass is 265 g/mol. The maximum Gasteiger partial charge on any atom is 0.221 e. The third-order valence-corrected chi connectivity index (χ3v) is 2.40. The number of allylic oxidation sites excluding steroid dienone is 2. The molecule has 0 aliphatic rings. The molecule has 0 fully saturated rings. The smallest absolute Gasteiger partial charge is 0.221 e. The van der Waals surface area contributed by atoms with Gasteiger partial charge in [-0.1, -0.05) is 6.07 Å². The minimum atomic E-state index is -0.295. The minimum absolute atomic E-state index is 0.127. The highest BCUT2D eigenvalue weighted by atomic mass is 16.1. The van der Waals surface area contributed by atoms with Gasteiger partial charge in [0.25, 0.3) is 0 Å². The lowest BCUT2D eigenvalue weighted by Gasteiger charge is -2.11. The molecule has 0 atom stereocenters. The molecule has 20 heavy (non-hydrogen) atoms. The largest absolute Gasteiger partial charge is 0.345 e. The lowest BCUT2D eigenvalue weighted by Crippen LogP contribution is -2.07. The molecule has 1 rings (SSSR count). The molecule has 0 spiro atoms. The number of nitrogens with one attached hydrogen (secondary N) is 2. The normalized spacial score (nSPS) is 8.55. The number of nitrogens with zero attached hydrogens (tertiary/aromatic N) is 3. The third kappa shape index (κ3) is 3.60. The number of nitriles is 3. The molecular formula is C14H11N5O. The quantitative estimate of drug-likeness (QED) is 0.813. The molecule has 0 saturated carbocycles. The summed E-state index contributed by atoms with van der Waals surface area (Å²) >= 11 is 0. The van der Waals surface area contributed by atoms with E-state index < -0.39 is 0 Å². The standard InChI is InChI=1S/C14H11N5O/c1-9-3-4-12(18-10(2)20)5-13(9)19-14(8-17)11(6-15)7-16/h3-5,19H,1-2H3,(H,18,20). The first-order chi connectivity index (χ1) is 9.51. The predicted octanol–water partition coefficient (Wildman–Crippen LogP) is 2.19. The molecule has 2 N–H and O–H groups in total. The van der Waals surface area contributed by atoms with E-state index in [4.69, 9.17) is 15.8 Å².